The van der Waals surface area contributed by atoms with Gasteiger partial charge in [-0.3, -0.25) is 9.97 Å². The van der Waals surface area contributed by atoms with E-state index in [2.05, 4.69) is 34.9 Å². The van der Waals surface area contributed by atoms with Gasteiger partial charge < -0.3 is 10.6 Å². The van der Waals surface area contributed by atoms with E-state index in [4.69, 9.17) is 33.2 Å². The fourth-order valence-electron chi connectivity index (χ4n) is 4.85. The van der Waals surface area contributed by atoms with Crippen LogP contribution in [0.2, 0.25) is 10.0 Å². The molecule has 4 heterocycles. The van der Waals surface area contributed by atoms with Gasteiger partial charge in [-0.1, -0.05) is 71.7 Å². The van der Waals surface area contributed by atoms with E-state index in [-0.39, 0.29) is 0 Å². The molecule has 0 saturated carbocycles. The first-order valence-corrected chi connectivity index (χ1v) is 12.4. The second-order valence-corrected chi connectivity index (χ2v) is 9.55. The molecule has 0 bridgehead atoms. The van der Waals surface area contributed by atoms with Crippen molar-refractivity contribution in [2.24, 2.45) is 0 Å². The van der Waals surface area contributed by atoms with Crippen molar-refractivity contribution in [3.8, 4) is 33.6 Å². The first-order chi connectivity index (χ1) is 16.7. The van der Waals surface area contributed by atoms with Crippen molar-refractivity contribution in [2.75, 3.05) is 13.1 Å². The van der Waals surface area contributed by atoms with E-state index < -0.39 is 0 Å². The number of benzene rings is 2. The van der Waals surface area contributed by atoms with Gasteiger partial charge in [0.25, 0.3) is 0 Å². The molecule has 2 aromatic carbocycles. The van der Waals surface area contributed by atoms with E-state index in [0.29, 0.717) is 10.0 Å². The van der Waals surface area contributed by atoms with Gasteiger partial charge in [0.2, 0.25) is 0 Å². The van der Waals surface area contributed by atoms with Crippen molar-refractivity contribution in [1.29, 1.82) is 0 Å². The highest BCUT2D eigenvalue weighted by atomic mass is 35.5. The van der Waals surface area contributed by atoms with E-state index in [9.17, 15) is 0 Å². The number of nitrogens with zero attached hydrogens (tertiary/aromatic N) is 2. The number of rotatable bonds is 3. The highest BCUT2D eigenvalue weighted by Gasteiger charge is 2.19. The van der Waals surface area contributed by atoms with Gasteiger partial charge in [-0.15, -0.1) is 0 Å². The lowest BCUT2D eigenvalue weighted by Gasteiger charge is -2.18. The van der Waals surface area contributed by atoms with E-state index in [1.807, 2.05) is 36.4 Å². The summed E-state index contributed by atoms with van der Waals surface area (Å²) in [6.45, 7) is 3.64. The van der Waals surface area contributed by atoms with Crippen LogP contribution in [0.1, 0.15) is 22.5 Å². The van der Waals surface area contributed by atoms with E-state index in [0.717, 1.165) is 84.1 Å². The highest BCUT2D eigenvalue weighted by molar-refractivity contribution is 6.39. The number of fused-ring (bicyclic) bond motifs is 2. The lowest BCUT2D eigenvalue weighted by Crippen LogP contribution is -2.24. The van der Waals surface area contributed by atoms with Crippen LogP contribution in [-0.2, 0) is 25.9 Å². The summed E-state index contributed by atoms with van der Waals surface area (Å²) in [4.78, 5) is 9.87. The number of hydrogen-bond donors (Lipinski definition) is 2. The molecular formula is C28H24Cl2N4. The average Bonchev–Trinajstić information content (AvgIpc) is 2.89. The molecule has 4 nitrogen and oxygen atoms in total. The zero-order valence-electron chi connectivity index (χ0n) is 18.7. The van der Waals surface area contributed by atoms with Gasteiger partial charge in [0.1, 0.15) is 0 Å². The molecule has 6 rings (SSSR count). The Balaban J connectivity index is 1.42. The lowest BCUT2D eigenvalue weighted by atomic mass is 9.97. The minimum Gasteiger partial charge on any atom is -0.312 e. The van der Waals surface area contributed by atoms with Gasteiger partial charge in [0.05, 0.1) is 21.4 Å². The Kier molecular flexibility index (Phi) is 5.84. The molecule has 2 aliphatic heterocycles. The fourth-order valence-corrected chi connectivity index (χ4v) is 5.50. The molecule has 0 fully saturated rings. The standard InChI is InChI=1S/C28H24Cl2N4/c29-27-19(3-1-5-21(27)25-9-7-17-15-31-13-11-23(17)33-25)20-4-2-6-22(28(20)30)26-10-8-18-16-32-14-12-24(18)34-26/h1-10,31-32H,11-16H2. The van der Waals surface area contributed by atoms with Gasteiger partial charge in [-0.2, -0.15) is 0 Å². The number of pyridine rings is 2. The van der Waals surface area contributed by atoms with Crippen LogP contribution in [0.25, 0.3) is 33.6 Å². The quantitative estimate of drug-likeness (QED) is 0.368. The first-order valence-electron chi connectivity index (χ1n) is 11.7. The first kappa shape index (κ1) is 21.8. The van der Waals surface area contributed by atoms with Crippen molar-refractivity contribution in [3.05, 3.63) is 93.2 Å². The maximum Gasteiger partial charge on any atom is 0.0720 e. The van der Waals surface area contributed by atoms with E-state index in [1.165, 1.54) is 11.1 Å². The summed E-state index contributed by atoms with van der Waals surface area (Å²) >= 11 is 14.0. The van der Waals surface area contributed by atoms with E-state index >= 15 is 0 Å². The summed E-state index contributed by atoms with van der Waals surface area (Å²) < 4.78 is 0. The molecule has 2 N–H and O–H groups in total. The Hall–Kier alpha value is -2.76. The molecule has 0 spiro atoms. The number of hydrogen-bond acceptors (Lipinski definition) is 4. The molecule has 34 heavy (non-hydrogen) atoms. The maximum absolute atomic E-state index is 6.99. The molecule has 0 atom stereocenters. The number of nitrogens with one attached hydrogen (secondary N) is 2. The average molecular weight is 487 g/mol. The summed E-state index contributed by atoms with van der Waals surface area (Å²) in [5.74, 6) is 0. The predicted octanol–water partition coefficient (Wildman–Crippen LogP) is 6.08. The highest BCUT2D eigenvalue weighted by Crippen LogP contribution is 2.42. The molecule has 0 aliphatic carbocycles. The Morgan fingerprint density at radius 1 is 0.559 bits per heavy atom. The van der Waals surface area contributed by atoms with Crippen molar-refractivity contribution < 1.29 is 0 Å². The molecular weight excluding hydrogens is 463 g/mol. The molecule has 2 aliphatic rings. The van der Waals surface area contributed by atoms with Crippen molar-refractivity contribution in [3.63, 3.8) is 0 Å². The summed E-state index contributed by atoms with van der Waals surface area (Å²) in [6.07, 6.45) is 1.86. The van der Waals surface area contributed by atoms with E-state index in [1.54, 1.807) is 0 Å². The zero-order chi connectivity index (χ0) is 23.1. The van der Waals surface area contributed by atoms with Crippen LogP contribution in [-0.4, -0.2) is 23.1 Å². The Bertz CT molecular complexity index is 1290. The summed E-state index contributed by atoms with van der Waals surface area (Å²) in [5, 5.41) is 8.11. The van der Waals surface area contributed by atoms with Crippen LogP contribution in [0.3, 0.4) is 0 Å². The molecule has 0 unspecified atom stereocenters. The second kappa shape index (κ2) is 9.12. The SMILES string of the molecule is Clc1c(-c2ccc3c(n2)CCNC3)cccc1-c1cccc(-c2ccc3c(n2)CCNC3)c1Cl. The molecule has 4 aromatic rings. The minimum absolute atomic E-state index is 0.660. The van der Waals surface area contributed by atoms with Crippen LogP contribution < -0.4 is 10.6 Å². The predicted molar refractivity (Wildman–Crippen MR) is 139 cm³/mol. The van der Waals surface area contributed by atoms with Gasteiger partial charge in [-0.05, 0) is 23.3 Å². The fraction of sp³-hybridized carbons (Fsp3) is 0.214. The molecule has 170 valence electrons. The van der Waals surface area contributed by atoms with Crippen LogP contribution in [0, 0.1) is 0 Å². The van der Waals surface area contributed by atoms with Crippen molar-refractivity contribution >= 4 is 23.2 Å². The third kappa shape index (κ3) is 3.91. The monoisotopic (exact) mass is 486 g/mol. The summed E-state index contributed by atoms with van der Waals surface area (Å²) in [6, 6.07) is 20.5. The Morgan fingerprint density at radius 3 is 1.47 bits per heavy atom. The van der Waals surface area contributed by atoms with Crippen LogP contribution in [0.4, 0.5) is 0 Å². The smallest absolute Gasteiger partial charge is 0.0720 e. The summed E-state index contributed by atoms with van der Waals surface area (Å²) in [7, 11) is 0. The third-order valence-corrected chi connectivity index (χ3v) is 7.50. The zero-order valence-corrected chi connectivity index (χ0v) is 20.2. The maximum atomic E-state index is 6.99. The molecule has 2 aromatic heterocycles. The third-order valence-electron chi connectivity index (χ3n) is 6.68. The normalized spacial score (nSPS) is 15.0. The van der Waals surface area contributed by atoms with Crippen LogP contribution in [0.15, 0.2) is 60.7 Å². The topological polar surface area (TPSA) is 49.8 Å². The second-order valence-electron chi connectivity index (χ2n) is 8.79. The van der Waals surface area contributed by atoms with Gasteiger partial charge >= 0.3 is 0 Å². The number of aromatic nitrogens is 2. The lowest BCUT2D eigenvalue weighted by molar-refractivity contribution is 0.631. The van der Waals surface area contributed by atoms with Gasteiger partial charge in [0.15, 0.2) is 0 Å². The minimum atomic E-state index is 0.660. The largest absolute Gasteiger partial charge is 0.312 e. The van der Waals surface area contributed by atoms with Gasteiger partial charge in [-0.25, -0.2) is 0 Å². The molecule has 0 saturated heterocycles. The van der Waals surface area contributed by atoms with Crippen molar-refractivity contribution in [2.45, 2.75) is 25.9 Å². The Labute approximate surface area is 209 Å². The van der Waals surface area contributed by atoms with Gasteiger partial charge in [0, 0.05) is 72.7 Å². The molecule has 0 radical (unpaired) electrons. The Morgan fingerprint density at radius 2 is 1.00 bits per heavy atom. The van der Waals surface area contributed by atoms with Crippen molar-refractivity contribution in [1.82, 2.24) is 20.6 Å². The molecule has 0 amide bonds. The summed E-state index contributed by atoms with van der Waals surface area (Å²) in [5.41, 5.74) is 10.2. The van der Waals surface area contributed by atoms with Crippen LogP contribution >= 0.6 is 23.2 Å². The van der Waals surface area contributed by atoms with Crippen LogP contribution in [0.5, 0.6) is 0 Å². The number of halogens is 2. The molecule has 6 heteroatoms.